The van der Waals surface area contributed by atoms with Crippen LogP contribution in [0.2, 0.25) is 0 Å². The average molecular weight is 361 g/mol. The average Bonchev–Trinajstić information content (AvgIpc) is 2.86. The second kappa shape index (κ2) is 7.23. The lowest BCUT2D eigenvalue weighted by Gasteiger charge is -2.19. The number of fused-ring (bicyclic) bond motifs is 1. The molecule has 3 rings (SSSR count). The summed E-state index contributed by atoms with van der Waals surface area (Å²) in [6, 6.07) is 5.99. The van der Waals surface area contributed by atoms with Crippen LogP contribution < -0.4 is 4.90 Å². The van der Waals surface area contributed by atoms with E-state index in [1.54, 1.807) is 35.6 Å². The van der Waals surface area contributed by atoms with Gasteiger partial charge in [0.1, 0.15) is 5.82 Å². The molecule has 0 bridgehead atoms. The number of aromatic nitrogens is 2. The zero-order chi connectivity index (χ0) is 19.6. The first-order valence-electron chi connectivity index (χ1n) is 8.86. The third-order valence-corrected chi connectivity index (χ3v) is 4.63. The minimum Gasteiger partial charge on any atom is -0.273 e. The molecule has 0 unspecified atom stereocenters. The quantitative estimate of drug-likeness (QED) is 0.725. The Bertz CT molecular complexity index is 955. The number of carbonyl (C=O) groups is 1. The van der Waals surface area contributed by atoms with Gasteiger partial charge in [0, 0.05) is 24.2 Å². The molecule has 6 nitrogen and oxygen atoms in total. The monoisotopic (exact) mass is 361 g/mol. The maximum absolute atomic E-state index is 13.2. The predicted molar refractivity (Wildman–Crippen MR) is 106 cm³/mol. The second-order valence-corrected chi connectivity index (χ2v) is 6.86. The summed E-state index contributed by atoms with van der Waals surface area (Å²) in [5, 5.41) is 8.24. The normalized spacial score (nSPS) is 16.6. The molecule has 1 aliphatic rings. The Morgan fingerprint density at radius 1 is 1.15 bits per heavy atom. The fraction of sp³-hybridized carbons (Fsp3) is 0.286. The van der Waals surface area contributed by atoms with Crippen molar-refractivity contribution in [2.75, 3.05) is 4.90 Å². The lowest BCUT2D eigenvalue weighted by Crippen LogP contribution is -2.35. The highest BCUT2D eigenvalue weighted by Gasteiger charge is 2.45. The number of rotatable bonds is 4. The molecule has 0 atom stereocenters. The topological polar surface area (TPSA) is 70.8 Å². The van der Waals surface area contributed by atoms with Crippen molar-refractivity contribution in [1.82, 2.24) is 9.97 Å². The van der Waals surface area contributed by atoms with Crippen molar-refractivity contribution in [3.05, 3.63) is 66.2 Å². The van der Waals surface area contributed by atoms with Gasteiger partial charge < -0.3 is 0 Å². The van der Waals surface area contributed by atoms with Crippen LogP contribution in [0.25, 0.3) is 11.1 Å². The molecule has 0 spiro atoms. The zero-order valence-corrected chi connectivity index (χ0v) is 16.3. The number of azo groups is 1. The van der Waals surface area contributed by atoms with E-state index in [1.165, 1.54) is 0 Å². The van der Waals surface area contributed by atoms with Crippen LogP contribution in [-0.2, 0) is 10.2 Å². The molecule has 1 aliphatic heterocycles. The van der Waals surface area contributed by atoms with Gasteiger partial charge in [0.15, 0.2) is 5.82 Å². The zero-order valence-electron chi connectivity index (χ0n) is 16.3. The maximum Gasteiger partial charge on any atom is 0.242 e. The van der Waals surface area contributed by atoms with E-state index in [0.717, 1.165) is 28.2 Å². The molecule has 2 aromatic rings. The molecule has 1 aromatic carbocycles. The fourth-order valence-electron chi connectivity index (χ4n) is 3.09. The number of carbonyl (C=O) groups excluding carboxylic acids is 1. The number of allylic oxidation sites excluding steroid dienone is 2. The molecule has 0 N–H and O–H groups in total. The molecule has 1 amide bonds. The maximum atomic E-state index is 13.2. The molecule has 0 saturated heterocycles. The number of amides is 1. The van der Waals surface area contributed by atoms with Gasteiger partial charge in [0.2, 0.25) is 5.91 Å². The van der Waals surface area contributed by atoms with Crippen molar-refractivity contribution in [1.29, 1.82) is 0 Å². The lowest BCUT2D eigenvalue weighted by atomic mass is 9.85. The molecule has 2 heterocycles. The Morgan fingerprint density at radius 3 is 2.48 bits per heavy atom. The van der Waals surface area contributed by atoms with Crippen LogP contribution in [0, 0.1) is 6.92 Å². The number of aryl methyl sites for hydroxylation is 1. The van der Waals surface area contributed by atoms with Crippen molar-refractivity contribution in [2.24, 2.45) is 10.2 Å². The Labute approximate surface area is 159 Å². The van der Waals surface area contributed by atoms with Crippen molar-refractivity contribution >= 4 is 11.6 Å². The predicted octanol–water partition coefficient (Wildman–Crippen LogP) is 4.92. The highest BCUT2D eigenvalue weighted by molar-refractivity contribution is 6.10. The lowest BCUT2D eigenvalue weighted by molar-refractivity contribution is -0.121. The van der Waals surface area contributed by atoms with Crippen LogP contribution in [0.1, 0.15) is 39.1 Å². The summed E-state index contributed by atoms with van der Waals surface area (Å²) < 4.78 is 0. The number of hydrogen-bond acceptors (Lipinski definition) is 5. The van der Waals surface area contributed by atoms with Gasteiger partial charge in [-0.25, -0.2) is 9.97 Å². The summed E-state index contributed by atoms with van der Waals surface area (Å²) in [5.41, 5.74) is 2.99. The second-order valence-electron chi connectivity index (χ2n) is 6.86. The van der Waals surface area contributed by atoms with E-state index in [1.807, 2.05) is 52.8 Å². The number of benzene rings is 1. The first-order chi connectivity index (χ1) is 12.9. The van der Waals surface area contributed by atoms with Gasteiger partial charge in [-0.15, -0.1) is 5.11 Å². The summed E-state index contributed by atoms with van der Waals surface area (Å²) in [4.78, 5) is 23.3. The minimum absolute atomic E-state index is 0.0256. The summed E-state index contributed by atoms with van der Waals surface area (Å²) in [5.74, 6) is 1.20. The van der Waals surface area contributed by atoms with Crippen LogP contribution in [0.15, 0.2) is 65.0 Å². The molecule has 138 valence electrons. The van der Waals surface area contributed by atoms with Crippen molar-refractivity contribution in [3.8, 4) is 11.1 Å². The molecular formula is C21H23N5O. The van der Waals surface area contributed by atoms with E-state index in [9.17, 15) is 4.79 Å². The number of anilines is 1. The highest BCUT2D eigenvalue weighted by atomic mass is 16.2. The van der Waals surface area contributed by atoms with Gasteiger partial charge in [0.25, 0.3) is 0 Å². The fourth-order valence-corrected chi connectivity index (χ4v) is 3.09. The molecule has 0 fully saturated rings. The number of hydrogen-bond donors (Lipinski definition) is 0. The first kappa shape index (κ1) is 18.6. The van der Waals surface area contributed by atoms with Crippen molar-refractivity contribution in [2.45, 2.75) is 40.0 Å². The standard InChI is InChI=1S/C21H23N5O/c1-6-10-24-25-19(7-2)26-18-11-15(16-12-22-14(3)23-13-16)8-9-17(18)21(4,5)20(26)27/h6-13H,1-5H3/b10-6-,19-7+,25-24-. The number of nitrogens with zero attached hydrogens (tertiary/aromatic N) is 5. The molecule has 1 aromatic heterocycles. The summed E-state index contributed by atoms with van der Waals surface area (Å²) in [7, 11) is 0. The Balaban J connectivity index is 2.12. The Kier molecular flexibility index (Phi) is 4.99. The van der Waals surface area contributed by atoms with Crippen LogP contribution in [0.3, 0.4) is 0 Å². The largest absolute Gasteiger partial charge is 0.273 e. The van der Waals surface area contributed by atoms with Crippen LogP contribution in [0.4, 0.5) is 5.69 Å². The third kappa shape index (κ3) is 3.30. The van der Waals surface area contributed by atoms with E-state index in [4.69, 9.17) is 0 Å². The summed E-state index contributed by atoms with van der Waals surface area (Å²) >= 11 is 0. The van der Waals surface area contributed by atoms with E-state index in [-0.39, 0.29) is 5.91 Å². The van der Waals surface area contributed by atoms with Gasteiger partial charge in [0.05, 0.1) is 11.1 Å². The van der Waals surface area contributed by atoms with Crippen molar-refractivity contribution < 1.29 is 4.79 Å². The molecular weight excluding hydrogens is 338 g/mol. The van der Waals surface area contributed by atoms with Gasteiger partial charge in [-0.3, -0.25) is 9.69 Å². The van der Waals surface area contributed by atoms with E-state index >= 15 is 0 Å². The van der Waals surface area contributed by atoms with Gasteiger partial charge >= 0.3 is 0 Å². The molecule has 0 radical (unpaired) electrons. The summed E-state index contributed by atoms with van der Waals surface area (Å²) in [6.45, 7) is 9.42. The highest BCUT2D eigenvalue weighted by Crippen LogP contribution is 2.45. The first-order valence-corrected chi connectivity index (χ1v) is 8.86. The molecule has 0 saturated carbocycles. The van der Waals surface area contributed by atoms with Crippen LogP contribution in [0.5, 0.6) is 0 Å². The molecule has 0 aliphatic carbocycles. The van der Waals surface area contributed by atoms with Gasteiger partial charge in [-0.2, -0.15) is 5.11 Å². The van der Waals surface area contributed by atoms with Crippen LogP contribution >= 0.6 is 0 Å². The third-order valence-electron chi connectivity index (χ3n) is 4.63. The summed E-state index contributed by atoms with van der Waals surface area (Å²) in [6.07, 6.45) is 8.75. The van der Waals surface area contributed by atoms with Gasteiger partial charge in [-0.1, -0.05) is 18.2 Å². The van der Waals surface area contributed by atoms with E-state index < -0.39 is 5.41 Å². The Hall–Kier alpha value is -3.15. The molecule has 6 heteroatoms. The van der Waals surface area contributed by atoms with E-state index in [0.29, 0.717) is 5.82 Å². The molecule has 27 heavy (non-hydrogen) atoms. The van der Waals surface area contributed by atoms with Gasteiger partial charge in [-0.05, 0) is 57.9 Å². The Morgan fingerprint density at radius 2 is 1.85 bits per heavy atom. The smallest absolute Gasteiger partial charge is 0.242 e. The minimum atomic E-state index is -0.637. The van der Waals surface area contributed by atoms with Crippen molar-refractivity contribution in [3.63, 3.8) is 0 Å². The van der Waals surface area contributed by atoms with E-state index in [2.05, 4.69) is 20.2 Å². The SMILES string of the molecule is C\C=C/N=N\C(=C/C)N1C(=O)C(C)(C)c2ccc(-c3cnc(C)nc3)cc21. The van der Waals surface area contributed by atoms with Crippen LogP contribution in [-0.4, -0.2) is 15.9 Å².